The van der Waals surface area contributed by atoms with Gasteiger partial charge >= 0.3 is 12.4 Å². The summed E-state index contributed by atoms with van der Waals surface area (Å²) < 4.78 is 87.3. The molecule has 1 N–H and O–H groups in total. The lowest BCUT2D eigenvalue weighted by atomic mass is 9.92. The van der Waals surface area contributed by atoms with Crippen molar-refractivity contribution in [2.45, 2.75) is 24.4 Å². The minimum Gasteiger partial charge on any atom is -0.485 e. The maximum absolute atomic E-state index is 13.8. The van der Waals surface area contributed by atoms with E-state index in [4.69, 9.17) is 4.74 Å². The second-order valence-electron chi connectivity index (χ2n) is 9.84. The van der Waals surface area contributed by atoms with Gasteiger partial charge in [-0.15, -0.1) is 0 Å². The van der Waals surface area contributed by atoms with Crippen LogP contribution in [0.1, 0.15) is 27.3 Å². The van der Waals surface area contributed by atoms with Gasteiger partial charge in [-0.1, -0.05) is 72.8 Å². The number of rotatable bonds is 8. The molecule has 0 radical (unpaired) electrons. The standard InChI is InChI=1S/C32H22F6N2O4/c33-31(34,35)30(43,32(36,37)38)22-11-13-23(14-12-22)40-28(17-20-7-3-1-4-8-20)39-26-16-15-24(18-25(26)29(40)42)44-19-27(41)21-9-5-2-6-10-21/h1-16,18,43H,17,19H2. The van der Waals surface area contributed by atoms with E-state index in [-0.39, 0.29) is 47.0 Å². The topological polar surface area (TPSA) is 81.4 Å². The Balaban J connectivity index is 1.58. The fourth-order valence-corrected chi connectivity index (χ4v) is 4.66. The summed E-state index contributed by atoms with van der Waals surface area (Å²) in [6.45, 7) is -0.327. The number of fused-ring (bicyclic) bond motifs is 1. The smallest absolute Gasteiger partial charge is 0.430 e. The Bertz CT molecular complexity index is 1840. The fourth-order valence-electron chi connectivity index (χ4n) is 4.66. The van der Waals surface area contributed by atoms with Gasteiger partial charge < -0.3 is 9.84 Å². The molecular weight excluding hydrogens is 590 g/mol. The van der Waals surface area contributed by atoms with Gasteiger partial charge in [-0.25, -0.2) is 4.98 Å². The monoisotopic (exact) mass is 612 g/mol. The van der Waals surface area contributed by atoms with Crippen LogP contribution in [0.15, 0.2) is 108 Å². The number of aromatic nitrogens is 2. The van der Waals surface area contributed by atoms with Crippen LogP contribution in [0, 0.1) is 0 Å². The third kappa shape index (κ3) is 5.80. The van der Waals surface area contributed by atoms with Crippen molar-refractivity contribution >= 4 is 16.7 Å². The molecule has 5 rings (SSSR count). The highest BCUT2D eigenvalue weighted by Crippen LogP contribution is 2.50. The SMILES string of the molecule is O=C(COc1ccc2nc(Cc3ccccc3)n(-c3ccc(C(O)(C(F)(F)F)C(F)(F)F)cc3)c(=O)c2c1)c1ccccc1. The number of hydrogen-bond donors (Lipinski definition) is 1. The summed E-state index contributed by atoms with van der Waals surface area (Å²) in [5, 5.41) is 9.81. The number of benzene rings is 4. The zero-order valence-corrected chi connectivity index (χ0v) is 22.6. The highest BCUT2D eigenvalue weighted by atomic mass is 19.4. The van der Waals surface area contributed by atoms with Crippen molar-refractivity contribution in [1.82, 2.24) is 9.55 Å². The van der Waals surface area contributed by atoms with E-state index in [0.717, 1.165) is 22.3 Å². The van der Waals surface area contributed by atoms with Gasteiger partial charge in [-0.2, -0.15) is 26.3 Å². The summed E-state index contributed by atoms with van der Waals surface area (Å²) >= 11 is 0. The Labute approximate surface area is 245 Å². The van der Waals surface area contributed by atoms with Gasteiger partial charge in [0.15, 0.2) is 12.4 Å². The van der Waals surface area contributed by atoms with E-state index in [1.807, 2.05) is 0 Å². The molecule has 0 amide bonds. The van der Waals surface area contributed by atoms with Crippen molar-refractivity contribution in [3.05, 3.63) is 136 Å². The van der Waals surface area contributed by atoms with Crippen LogP contribution in [0.4, 0.5) is 26.3 Å². The zero-order valence-electron chi connectivity index (χ0n) is 22.6. The second kappa shape index (κ2) is 11.6. The molecule has 0 aliphatic heterocycles. The molecule has 6 nitrogen and oxygen atoms in total. The average Bonchev–Trinajstić information content (AvgIpc) is 3.00. The van der Waals surface area contributed by atoms with Crippen molar-refractivity contribution in [2.75, 3.05) is 6.61 Å². The first-order valence-electron chi connectivity index (χ1n) is 13.1. The minimum atomic E-state index is -6.06. The number of carbonyl (C=O) groups excluding carboxylic acids is 1. The Kier molecular flexibility index (Phi) is 8.04. The first kappa shape index (κ1) is 30.5. The van der Waals surface area contributed by atoms with Crippen LogP contribution in [0.5, 0.6) is 5.75 Å². The van der Waals surface area contributed by atoms with Gasteiger partial charge in [0.05, 0.1) is 16.6 Å². The molecule has 5 aromatic rings. The van der Waals surface area contributed by atoms with Gasteiger partial charge in [-0.3, -0.25) is 14.2 Å². The van der Waals surface area contributed by atoms with Crippen molar-refractivity contribution in [1.29, 1.82) is 0 Å². The van der Waals surface area contributed by atoms with E-state index < -0.39 is 29.1 Å². The number of halogens is 6. The largest absolute Gasteiger partial charge is 0.485 e. The number of Topliss-reactive ketones (excluding diaryl/α,β-unsaturated/α-hetero) is 1. The summed E-state index contributed by atoms with van der Waals surface area (Å²) in [6, 6.07) is 24.3. The molecule has 0 aliphatic rings. The van der Waals surface area contributed by atoms with Crippen LogP contribution in [0.25, 0.3) is 16.6 Å². The van der Waals surface area contributed by atoms with E-state index in [9.17, 15) is 41.0 Å². The van der Waals surface area contributed by atoms with Crippen LogP contribution in [0.3, 0.4) is 0 Å². The lowest BCUT2D eigenvalue weighted by molar-refractivity contribution is -0.376. The number of hydrogen-bond acceptors (Lipinski definition) is 5. The minimum absolute atomic E-state index is 0.0256. The number of ether oxygens (including phenoxy) is 1. The molecule has 0 spiro atoms. The molecule has 0 atom stereocenters. The number of aliphatic hydroxyl groups is 1. The van der Waals surface area contributed by atoms with Gasteiger partial charge in [0, 0.05) is 17.5 Å². The predicted molar refractivity (Wildman–Crippen MR) is 149 cm³/mol. The molecular formula is C32H22F6N2O4. The molecule has 12 heteroatoms. The van der Waals surface area contributed by atoms with E-state index in [0.29, 0.717) is 17.7 Å². The first-order valence-corrected chi connectivity index (χ1v) is 13.1. The van der Waals surface area contributed by atoms with Gasteiger partial charge in [0.2, 0.25) is 0 Å². The second-order valence-corrected chi connectivity index (χ2v) is 9.84. The number of nitrogens with zero attached hydrogens (tertiary/aromatic N) is 2. The normalized spacial score (nSPS) is 12.3. The lowest BCUT2D eigenvalue weighted by Gasteiger charge is -2.32. The van der Waals surface area contributed by atoms with Gasteiger partial charge in [0.1, 0.15) is 11.6 Å². The Hall–Kier alpha value is -4.97. The molecule has 0 bridgehead atoms. The average molecular weight is 613 g/mol. The van der Waals surface area contributed by atoms with E-state index >= 15 is 0 Å². The first-order chi connectivity index (χ1) is 20.8. The quantitative estimate of drug-likeness (QED) is 0.159. The van der Waals surface area contributed by atoms with Crippen LogP contribution < -0.4 is 10.3 Å². The Morgan fingerprint density at radius 3 is 1.98 bits per heavy atom. The maximum atomic E-state index is 13.8. The summed E-state index contributed by atoms with van der Waals surface area (Å²) in [7, 11) is 0. The fraction of sp³-hybridized carbons (Fsp3) is 0.156. The molecule has 0 saturated carbocycles. The van der Waals surface area contributed by atoms with Crippen LogP contribution in [-0.2, 0) is 12.0 Å². The maximum Gasteiger partial charge on any atom is 0.430 e. The van der Waals surface area contributed by atoms with E-state index in [1.54, 1.807) is 60.7 Å². The highest BCUT2D eigenvalue weighted by molar-refractivity contribution is 5.97. The summed E-state index contributed by atoms with van der Waals surface area (Å²) in [6.07, 6.45) is -12.0. The predicted octanol–water partition coefficient (Wildman–Crippen LogP) is 6.55. The van der Waals surface area contributed by atoms with Crippen LogP contribution >= 0.6 is 0 Å². The Morgan fingerprint density at radius 2 is 1.39 bits per heavy atom. The van der Waals surface area contributed by atoms with E-state index in [1.165, 1.54) is 18.2 Å². The van der Waals surface area contributed by atoms with Gasteiger partial charge in [0.25, 0.3) is 11.2 Å². The number of ketones is 1. The van der Waals surface area contributed by atoms with Crippen molar-refractivity contribution in [3.63, 3.8) is 0 Å². The van der Waals surface area contributed by atoms with Crippen molar-refractivity contribution < 1.29 is 41.0 Å². The van der Waals surface area contributed by atoms with Gasteiger partial charge in [-0.05, 0) is 35.9 Å². The molecule has 0 fully saturated rings. The van der Waals surface area contributed by atoms with E-state index in [2.05, 4.69) is 4.98 Å². The van der Waals surface area contributed by atoms with Crippen LogP contribution in [0.2, 0.25) is 0 Å². The zero-order chi connectivity index (χ0) is 31.7. The molecule has 0 unspecified atom stereocenters. The number of alkyl halides is 6. The molecule has 0 saturated heterocycles. The van der Waals surface area contributed by atoms with Crippen molar-refractivity contribution in [3.8, 4) is 11.4 Å². The van der Waals surface area contributed by atoms with Crippen molar-refractivity contribution in [2.24, 2.45) is 0 Å². The molecule has 226 valence electrons. The molecule has 1 heterocycles. The third-order valence-electron chi connectivity index (χ3n) is 6.94. The third-order valence-corrected chi connectivity index (χ3v) is 6.94. The van der Waals surface area contributed by atoms with Crippen LogP contribution in [-0.4, -0.2) is 39.4 Å². The molecule has 4 aromatic carbocycles. The highest BCUT2D eigenvalue weighted by Gasteiger charge is 2.71. The Morgan fingerprint density at radius 1 is 0.795 bits per heavy atom. The molecule has 1 aromatic heterocycles. The lowest BCUT2D eigenvalue weighted by Crippen LogP contribution is -2.53. The molecule has 44 heavy (non-hydrogen) atoms. The summed E-state index contributed by atoms with van der Waals surface area (Å²) in [5.74, 6) is 0.00675. The molecule has 0 aliphatic carbocycles. The number of carbonyl (C=O) groups is 1. The summed E-state index contributed by atoms with van der Waals surface area (Å²) in [5.41, 5.74) is -5.96. The summed E-state index contributed by atoms with van der Waals surface area (Å²) in [4.78, 5) is 30.9.